The Morgan fingerprint density at radius 3 is 1.61 bits per heavy atom. The third kappa shape index (κ3) is 3.58. The fourth-order valence-corrected chi connectivity index (χ4v) is 2.93. The molecule has 0 fully saturated rings. The van der Waals surface area contributed by atoms with Gasteiger partial charge in [-0.1, -0.05) is 59.7 Å². The number of hydrogen-bond donors (Lipinski definition) is 0. The second-order valence-electron chi connectivity index (χ2n) is 6.51. The van der Waals surface area contributed by atoms with Crippen LogP contribution in [0, 0.1) is 13.8 Å². The summed E-state index contributed by atoms with van der Waals surface area (Å²) in [5.74, 6) is -0.935. The van der Waals surface area contributed by atoms with Gasteiger partial charge in [-0.15, -0.1) is 0 Å². The van der Waals surface area contributed by atoms with Crippen molar-refractivity contribution in [3.8, 4) is 0 Å². The first-order chi connectivity index (χ1) is 13.5. The van der Waals surface area contributed by atoms with E-state index in [0.29, 0.717) is 11.1 Å². The lowest BCUT2D eigenvalue weighted by Crippen LogP contribution is -2.16. The highest BCUT2D eigenvalue weighted by atomic mass is 16.1. The van der Waals surface area contributed by atoms with Crippen molar-refractivity contribution in [2.24, 2.45) is 0 Å². The van der Waals surface area contributed by atoms with Crippen molar-refractivity contribution in [3.05, 3.63) is 105 Å². The molecule has 0 spiro atoms. The Hall–Kier alpha value is -3.66. The minimum Gasteiger partial charge on any atom is -0.289 e. The van der Waals surface area contributed by atoms with Crippen molar-refractivity contribution in [1.82, 2.24) is 0 Å². The molecule has 0 heterocycles. The van der Waals surface area contributed by atoms with Crippen molar-refractivity contribution in [2.45, 2.75) is 13.8 Å². The van der Waals surface area contributed by atoms with Gasteiger partial charge in [-0.2, -0.15) is 0 Å². The third-order valence-electron chi connectivity index (χ3n) is 4.52. The van der Waals surface area contributed by atoms with Gasteiger partial charge < -0.3 is 0 Å². The number of rotatable bonds is 6. The van der Waals surface area contributed by atoms with Gasteiger partial charge >= 0.3 is 0 Å². The number of carbonyl (C=O) groups is 2. The second-order valence-corrected chi connectivity index (χ2v) is 6.51. The minimum atomic E-state index is -0.522. The fourth-order valence-electron chi connectivity index (χ4n) is 2.93. The summed E-state index contributed by atoms with van der Waals surface area (Å²) in [5.41, 5.74) is 2.19. The van der Waals surface area contributed by atoms with Crippen LogP contribution in [0.1, 0.15) is 54.1 Å². The van der Waals surface area contributed by atoms with E-state index in [-0.39, 0.29) is 22.3 Å². The summed E-state index contributed by atoms with van der Waals surface area (Å²) in [7, 11) is 0. The molecule has 3 rings (SSSR count). The van der Waals surface area contributed by atoms with Gasteiger partial charge in [-0.05, 0) is 26.0 Å². The summed E-state index contributed by atoms with van der Waals surface area (Å²) in [6, 6.07) is 16.3. The van der Waals surface area contributed by atoms with Crippen LogP contribution < -0.4 is 0 Å². The molecule has 136 valence electrons. The van der Waals surface area contributed by atoms with Crippen LogP contribution in [0.3, 0.4) is 0 Å². The minimum absolute atomic E-state index is 0.0479. The van der Waals surface area contributed by atoms with Gasteiger partial charge in [-0.25, -0.2) is 0 Å². The molecule has 0 aliphatic rings. The van der Waals surface area contributed by atoms with Crippen molar-refractivity contribution >= 4 is 24.1 Å². The molecule has 0 aromatic heterocycles. The summed E-state index contributed by atoms with van der Waals surface area (Å²) >= 11 is 0. The van der Waals surface area contributed by atoms with Gasteiger partial charge in [0.2, 0.25) is 12.6 Å². The van der Waals surface area contributed by atoms with Crippen LogP contribution in [0.15, 0.2) is 60.7 Å². The highest BCUT2D eigenvalue weighted by Crippen LogP contribution is 2.24. The van der Waals surface area contributed by atoms with E-state index < -0.39 is 11.6 Å². The fraction of sp³-hybridized carbons (Fsp3) is 0.0833. The van der Waals surface area contributed by atoms with Gasteiger partial charge in [0.1, 0.15) is 0 Å². The van der Waals surface area contributed by atoms with Crippen LogP contribution in [0.25, 0.3) is 0 Å². The first-order valence-corrected chi connectivity index (χ1v) is 8.62. The molecule has 0 aliphatic heterocycles. The number of ketones is 2. The smallest absolute Gasteiger partial charge is 0.235 e. The number of aryl methyl sites for hydroxylation is 2. The summed E-state index contributed by atoms with van der Waals surface area (Å²) in [6.07, 6.45) is 3.29. The zero-order valence-electron chi connectivity index (χ0n) is 15.4. The second kappa shape index (κ2) is 7.92. The Balaban J connectivity index is 2.22. The van der Waals surface area contributed by atoms with E-state index in [4.69, 9.17) is 0 Å². The van der Waals surface area contributed by atoms with Crippen LogP contribution in [0.4, 0.5) is 0 Å². The molecule has 0 amide bonds. The first kappa shape index (κ1) is 19.1. The van der Waals surface area contributed by atoms with E-state index in [2.05, 4.69) is 0 Å². The van der Waals surface area contributed by atoms with Gasteiger partial charge in [0, 0.05) is 33.4 Å². The maximum Gasteiger partial charge on any atom is 0.235 e. The summed E-state index contributed by atoms with van der Waals surface area (Å²) in [4.78, 5) is 49.0. The topological polar surface area (TPSA) is 68.3 Å². The monoisotopic (exact) mass is 368 g/mol. The van der Waals surface area contributed by atoms with Crippen LogP contribution in [0.2, 0.25) is 0 Å². The molecule has 2 radical (unpaired) electrons. The lowest BCUT2D eigenvalue weighted by Gasteiger charge is -2.12. The quantitative estimate of drug-likeness (QED) is 0.623. The number of benzene rings is 3. The zero-order chi connectivity index (χ0) is 20.3. The number of carbonyl (C=O) groups excluding carboxylic acids is 4. The van der Waals surface area contributed by atoms with E-state index in [9.17, 15) is 19.2 Å². The summed E-state index contributed by atoms with van der Waals surface area (Å²) < 4.78 is 0. The average Bonchev–Trinajstić information content (AvgIpc) is 2.72. The van der Waals surface area contributed by atoms with Gasteiger partial charge in [0.25, 0.3) is 0 Å². The van der Waals surface area contributed by atoms with Crippen molar-refractivity contribution in [1.29, 1.82) is 0 Å². The van der Waals surface area contributed by atoms with Crippen molar-refractivity contribution < 1.29 is 19.2 Å². The van der Waals surface area contributed by atoms with E-state index in [1.54, 1.807) is 61.1 Å². The van der Waals surface area contributed by atoms with Gasteiger partial charge in [-0.3, -0.25) is 19.2 Å². The normalized spacial score (nSPS) is 10.4. The average molecular weight is 368 g/mol. The Morgan fingerprint density at radius 2 is 1.14 bits per heavy atom. The molecule has 0 atom stereocenters. The third-order valence-corrected chi connectivity index (χ3v) is 4.52. The molecule has 4 nitrogen and oxygen atoms in total. The SMILES string of the molecule is Cc1ccc(C(=O)c2ccc([C]=O)c([C]=O)c2C(=O)c2ccc(C)cc2)cc1. The molecule has 4 heteroatoms. The molecule has 3 aromatic rings. The number of hydrogen-bond acceptors (Lipinski definition) is 4. The maximum absolute atomic E-state index is 13.2. The van der Waals surface area contributed by atoms with Crippen LogP contribution in [0.5, 0.6) is 0 Å². The Labute approximate surface area is 162 Å². The Morgan fingerprint density at radius 1 is 0.643 bits per heavy atom. The van der Waals surface area contributed by atoms with Crippen LogP contribution in [-0.2, 0) is 9.59 Å². The molecule has 0 N–H and O–H groups in total. The van der Waals surface area contributed by atoms with Crippen LogP contribution in [-0.4, -0.2) is 24.1 Å². The lowest BCUT2D eigenvalue weighted by molar-refractivity contribution is 0.100. The Bertz CT molecular complexity index is 1070. The van der Waals surface area contributed by atoms with E-state index in [1.165, 1.54) is 12.1 Å². The molecular weight excluding hydrogens is 352 g/mol. The maximum atomic E-state index is 13.2. The molecular formula is C24H16O4. The molecule has 0 unspecified atom stereocenters. The van der Waals surface area contributed by atoms with Gasteiger partial charge in [0.05, 0.1) is 0 Å². The first-order valence-electron chi connectivity index (χ1n) is 8.62. The predicted molar refractivity (Wildman–Crippen MR) is 105 cm³/mol. The van der Waals surface area contributed by atoms with Gasteiger partial charge in [0.15, 0.2) is 11.6 Å². The van der Waals surface area contributed by atoms with E-state index in [0.717, 1.165) is 11.1 Å². The molecule has 0 aliphatic carbocycles. The van der Waals surface area contributed by atoms with E-state index >= 15 is 0 Å². The molecule has 0 saturated heterocycles. The standard InChI is InChI=1S/C24H16O4/c1-15-3-7-17(8-4-15)23(27)20-12-11-19(13-25)21(14-26)22(20)24(28)18-9-5-16(2)6-10-18/h3-12H,1-2H3. The molecule has 3 aromatic carbocycles. The van der Waals surface area contributed by atoms with E-state index in [1.807, 2.05) is 13.8 Å². The molecule has 28 heavy (non-hydrogen) atoms. The van der Waals surface area contributed by atoms with Crippen molar-refractivity contribution in [3.63, 3.8) is 0 Å². The largest absolute Gasteiger partial charge is 0.289 e. The van der Waals surface area contributed by atoms with Crippen LogP contribution >= 0.6 is 0 Å². The predicted octanol–water partition coefficient (Wildman–Crippen LogP) is 3.68. The zero-order valence-corrected chi connectivity index (χ0v) is 15.4. The molecule has 0 saturated carbocycles. The highest BCUT2D eigenvalue weighted by Gasteiger charge is 2.25. The lowest BCUT2D eigenvalue weighted by atomic mass is 9.87. The highest BCUT2D eigenvalue weighted by molar-refractivity contribution is 6.23. The Kier molecular flexibility index (Phi) is 5.41. The summed E-state index contributed by atoms with van der Waals surface area (Å²) in [5, 5.41) is 0. The van der Waals surface area contributed by atoms with Crippen molar-refractivity contribution in [2.75, 3.05) is 0 Å². The summed E-state index contributed by atoms with van der Waals surface area (Å²) in [6.45, 7) is 3.78. The molecule has 0 bridgehead atoms.